The van der Waals surface area contributed by atoms with E-state index in [0.717, 1.165) is 55.2 Å². The van der Waals surface area contributed by atoms with Gasteiger partial charge in [-0.1, -0.05) is 206 Å². The van der Waals surface area contributed by atoms with Crippen molar-refractivity contribution in [1.82, 2.24) is 19.1 Å². The Balaban J connectivity index is 0.948. The Morgan fingerprint density at radius 1 is 0.244 bits per heavy atom. The van der Waals surface area contributed by atoms with Crippen molar-refractivity contribution in [3.05, 3.63) is 312 Å². The third-order valence-corrected chi connectivity index (χ3v) is 19.6. The van der Waals surface area contributed by atoms with Crippen LogP contribution in [0.15, 0.2) is 267 Å². The van der Waals surface area contributed by atoms with Crippen molar-refractivity contribution in [2.24, 2.45) is 0 Å². The molecule has 0 radical (unpaired) electrons. The van der Waals surface area contributed by atoms with Crippen molar-refractivity contribution in [2.75, 3.05) is 0 Å². The summed E-state index contributed by atoms with van der Waals surface area (Å²) in [7, 11) is 0. The monoisotopic (exact) mass is 1040 g/mol. The molecule has 4 nitrogen and oxygen atoms in total. The van der Waals surface area contributed by atoms with E-state index in [0.29, 0.717) is 0 Å². The molecule has 0 unspecified atom stereocenters. The second-order valence-corrected chi connectivity index (χ2v) is 22.9. The van der Waals surface area contributed by atoms with Crippen molar-refractivity contribution in [1.29, 1.82) is 0 Å². The molecule has 2 spiro atoms. The molecular formula is C78H44N4. The fourth-order valence-electron chi connectivity index (χ4n) is 16.8. The van der Waals surface area contributed by atoms with Crippen LogP contribution in [0, 0.1) is 0 Å². The first kappa shape index (κ1) is 43.2. The zero-order chi connectivity index (χ0) is 53.2. The van der Waals surface area contributed by atoms with Gasteiger partial charge in [-0.25, -0.2) is 0 Å². The fourth-order valence-corrected chi connectivity index (χ4v) is 16.8. The lowest BCUT2D eigenvalue weighted by Gasteiger charge is -2.30. The first-order chi connectivity index (χ1) is 40.7. The highest BCUT2D eigenvalue weighted by Gasteiger charge is 2.53. The maximum absolute atomic E-state index is 5.37. The Morgan fingerprint density at radius 3 is 0.854 bits per heavy atom. The van der Waals surface area contributed by atoms with Crippen LogP contribution < -0.4 is 0 Å². The molecule has 0 atom stereocenters. The lowest BCUT2D eigenvalue weighted by atomic mass is 9.70. The topological polar surface area (TPSA) is 35.6 Å². The molecule has 0 N–H and O–H groups in total. The van der Waals surface area contributed by atoms with Gasteiger partial charge in [0.25, 0.3) is 0 Å². The Kier molecular flexibility index (Phi) is 7.99. The zero-order valence-corrected chi connectivity index (χ0v) is 44.2. The molecule has 0 amide bonds. The fraction of sp³-hybridized carbons (Fsp3) is 0.0256. The van der Waals surface area contributed by atoms with Gasteiger partial charge in [0.15, 0.2) is 0 Å². The first-order valence-electron chi connectivity index (χ1n) is 28.6. The highest BCUT2D eigenvalue weighted by atomic mass is 15.0. The van der Waals surface area contributed by atoms with E-state index in [4.69, 9.17) is 9.97 Å². The Hall–Kier alpha value is -10.7. The van der Waals surface area contributed by atoms with E-state index in [1.165, 1.54) is 121 Å². The molecule has 0 fully saturated rings. The van der Waals surface area contributed by atoms with E-state index in [1.54, 1.807) is 0 Å². The number of rotatable bonds is 2. The molecule has 16 aromatic rings. The summed E-state index contributed by atoms with van der Waals surface area (Å²) in [4.78, 5) is 10.7. The van der Waals surface area contributed by atoms with Crippen LogP contribution in [-0.2, 0) is 10.8 Å². The van der Waals surface area contributed by atoms with Crippen molar-refractivity contribution in [3.63, 3.8) is 0 Å². The molecule has 0 saturated heterocycles. The number of benzene rings is 12. The summed E-state index contributed by atoms with van der Waals surface area (Å²) < 4.78 is 5.12. The van der Waals surface area contributed by atoms with Gasteiger partial charge in [-0.05, 0) is 159 Å². The minimum atomic E-state index is -0.508. The quantitative estimate of drug-likeness (QED) is 0.162. The molecule has 4 aliphatic carbocycles. The van der Waals surface area contributed by atoms with Gasteiger partial charge in [0.1, 0.15) is 0 Å². The van der Waals surface area contributed by atoms with Crippen molar-refractivity contribution < 1.29 is 0 Å². The average molecular weight is 1040 g/mol. The molecule has 20 rings (SSSR count). The maximum Gasteiger partial charge on any atom is 0.0969 e. The highest BCUT2D eigenvalue weighted by molar-refractivity contribution is 6.43. The van der Waals surface area contributed by atoms with E-state index in [-0.39, 0.29) is 0 Å². The molecular weight excluding hydrogens is 993 g/mol. The van der Waals surface area contributed by atoms with Gasteiger partial charge in [-0.3, -0.25) is 9.97 Å². The number of hydrogen-bond acceptors (Lipinski definition) is 2. The molecule has 4 heteroatoms. The van der Waals surface area contributed by atoms with Crippen LogP contribution in [-0.4, -0.2) is 19.1 Å². The molecule has 0 aliphatic heterocycles. The van der Waals surface area contributed by atoms with Crippen LogP contribution >= 0.6 is 0 Å². The van der Waals surface area contributed by atoms with Crippen molar-refractivity contribution >= 4 is 76.2 Å². The van der Waals surface area contributed by atoms with Gasteiger partial charge >= 0.3 is 0 Å². The summed E-state index contributed by atoms with van der Waals surface area (Å²) >= 11 is 0. The highest BCUT2D eigenvalue weighted by Crippen LogP contribution is 2.65. The van der Waals surface area contributed by atoms with Gasteiger partial charge in [-0.2, -0.15) is 0 Å². The van der Waals surface area contributed by atoms with E-state index in [9.17, 15) is 0 Å². The van der Waals surface area contributed by atoms with Crippen LogP contribution in [0.5, 0.6) is 0 Å². The van der Waals surface area contributed by atoms with Gasteiger partial charge in [0.2, 0.25) is 0 Å². The SMILES string of the molecule is c1ccc2c(c1)-c1ccccc1C21c2ccccc2-c2ccc(-n3c4cccnc4c4c5ccccc5c5c(c6ccccc6c6c7ncccc7n(-c7ccc8c(c7)C7(c9ccccc9-c9ccccc97)c7ccccc7-8)c65)c43)cc21. The lowest BCUT2D eigenvalue weighted by Crippen LogP contribution is -2.26. The average Bonchev–Trinajstić information content (AvgIpc) is 1.91. The molecule has 4 heterocycles. The smallest absolute Gasteiger partial charge is 0.0969 e. The lowest BCUT2D eigenvalue weighted by molar-refractivity contribution is 0.792. The van der Waals surface area contributed by atoms with Gasteiger partial charge in [0, 0.05) is 45.3 Å². The van der Waals surface area contributed by atoms with Gasteiger partial charge in [-0.15, -0.1) is 0 Å². The Labute approximate surface area is 471 Å². The molecule has 4 aromatic heterocycles. The summed E-state index contributed by atoms with van der Waals surface area (Å²) in [6.07, 6.45) is 3.94. The maximum atomic E-state index is 5.37. The number of aromatic nitrogens is 4. The number of fused-ring (bicyclic) bond motifs is 35. The molecule has 0 bridgehead atoms. The van der Waals surface area contributed by atoms with Crippen molar-refractivity contribution in [3.8, 4) is 55.9 Å². The van der Waals surface area contributed by atoms with Gasteiger partial charge in [0.05, 0.1) is 43.9 Å². The van der Waals surface area contributed by atoms with E-state index >= 15 is 0 Å². The standard InChI is InChI=1S/C78H44N4/c1-3-27-57-55(25-1)69-70(76-71(57)73-67(35-17-41-79-73)82(76)46-38-40-54-52-24-10-16-34-64(52)78(66(54)44-46)61-31-13-7-21-49(61)50-22-8-14-32-62(50)78)56-26-2-4-28-58(56)72-74-68(36-18-42-80-74)81(75(69)72)45-37-39-53-51-23-9-15-33-63(51)77(65(53)43-45)59-29-11-5-19-47(59)48-20-6-12-30-60(48)77/h1-44H. The second-order valence-electron chi connectivity index (χ2n) is 22.9. The van der Waals surface area contributed by atoms with Gasteiger partial charge < -0.3 is 9.13 Å². The van der Waals surface area contributed by atoms with Crippen molar-refractivity contribution in [2.45, 2.75) is 10.8 Å². The summed E-state index contributed by atoms with van der Waals surface area (Å²) in [6.45, 7) is 0. The number of pyridine rings is 2. The van der Waals surface area contributed by atoms with Crippen LogP contribution in [0.4, 0.5) is 0 Å². The predicted octanol–water partition coefficient (Wildman–Crippen LogP) is 18.8. The zero-order valence-electron chi connectivity index (χ0n) is 44.2. The predicted molar refractivity (Wildman–Crippen MR) is 336 cm³/mol. The third kappa shape index (κ3) is 4.89. The molecule has 12 aromatic carbocycles. The largest absolute Gasteiger partial charge is 0.307 e. The Morgan fingerprint density at radius 2 is 0.524 bits per heavy atom. The summed E-state index contributed by atoms with van der Waals surface area (Å²) in [5, 5.41) is 9.38. The minimum Gasteiger partial charge on any atom is -0.307 e. The second kappa shape index (κ2) is 15.2. The summed E-state index contributed by atoms with van der Waals surface area (Å²) in [5.74, 6) is 0. The van der Waals surface area contributed by atoms with Crippen LogP contribution in [0.1, 0.15) is 44.5 Å². The molecule has 4 aliphatic rings. The third-order valence-electron chi connectivity index (χ3n) is 19.6. The van der Waals surface area contributed by atoms with Crippen LogP contribution in [0.3, 0.4) is 0 Å². The number of nitrogens with zero attached hydrogens (tertiary/aromatic N) is 4. The summed E-state index contributed by atoms with van der Waals surface area (Å²) in [5.41, 5.74) is 28.5. The van der Waals surface area contributed by atoms with Crippen LogP contribution in [0.2, 0.25) is 0 Å². The minimum absolute atomic E-state index is 0.508. The summed E-state index contributed by atoms with van der Waals surface area (Å²) in [6, 6.07) is 96.2. The molecule has 82 heavy (non-hydrogen) atoms. The van der Waals surface area contributed by atoms with E-state index in [2.05, 4.69) is 264 Å². The molecule has 0 saturated carbocycles. The molecule has 376 valence electrons. The van der Waals surface area contributed by atoms with Crippen LogP contribution in [0.25, 0.3) is 132 Å². The number of hydrogen-bond donors (Lipinski definition) is 0. The first-order valence-corrected chi connectivity index (χ1v) is 28.6. The Bertz CT molecular complexity index is 5140. The van der Waals surface area contributed by atoms with E-state index in [1.807, 2.05) is 12.4 Å². The van der Waals surface area contributed by atoms with E-state index < -0.39 is 10.8 Å². The normalized spacial score (nSPS) is 14.3.